The van der Waals surface area contributed by atoms with E-state index in [0.717, 1.165) is 12.0 Å². The molecule has 0 atom stereocenters. The fraction of sp³-hybridized carbons (Fsp3) is 0.278. The third kappa shape index (κ3) is 4.81. The molecule has 0 bridgehead atoms. The molecule has 24 heavy (non-hydrogen) atoms. The van der Waals surface area contributed by atoms with Gasteiger partial charge < -0.3 is 10.1 Å². The fourth-order valence-electron chi connectivity index (χ4n) is 2.31. The summed E-state index contributed by atoms with van der Waals surface area (Å²) < 4.78 is 5.31. The number of aryl methyl sites for hydroxylation is 2. The molecule has 0 radical (unpaired) electrons. The van der Waals surface area contributed by atoms with Crippen LogP contribution in [0.5, 0.6) is 5.75 Å². The molecule has 2 rings (SSSR count). The first kappa shape index (κ1) is 17.5. The molecule has 0 spiro atoms. The number of benzene rings is 2. The summed E-state index contributed by atoms with van der Waals surface area (Å²) in [5.74, 6) is -0.201. The van der Waals surface area contributed by atoms with Crippen molar-refractivity contribution in [2.24, 2.45) is 0 Å². The molecular formula is C18H20N2O4. The Kier molecular flexibility index (Phi) is 5.89. The Labute approximate surface area is 140 Å². The molecule has 6 heteroatoms. The Morgan fingerprint density at radius 3 is 2.67 bits per heavy atom. The summed E-state index contributed by atoms with van der Waals surface area (Å²) >= 11 is 0. The predicted molar refractivity (Wildman–Crippen MR) is 91.2 cm³/mol. The van der Waals surface area contributed by atoms with Gasteiger partial charge in [-0.25, -0.2) is 0 Å². The van der Waals surface area contributed by atoms with E-state index in [-0.39, 0.29) is 24.0 Å². The second-order valence-corrected chi connectivity index (χ2v) is 5.54. The molecule has 0 saturated carbocycles. The summed E-state index contributed by atoms with van der Waals surface area (Å²) in [5.41, 5.74) is 3.04. The van der Waals surface area contributed by atoms with Gasteiger partial charge in [0.25, 0.3) is 5.91 Å². The number of amides is 1. The van der Waals surface area contributed by atoms with Gasteiger partial charge in [-0.2, -0.15) is 0 Å². The van der Waals surface area contributed by atoms with Gasteiger partial charge in [-0.1, -0.05) is 30.3 Å². The minimum atomic E-state index is -0.523. The van der Waals surface area contributed by atoms with Crippen molar-refractivity contribution in [1.82, 2.24) is 5.32 Å². The van der Waals surface area contributed by atoms with Gasteiger partial charge >= 0.3 is 5.69 Å². The summed E-state index contributed by atoms with van der Waals surface area (Å²) in [6, 6.07) is 12.5. The van der Waals surface area contributed by atoms with E-state index in [1.165, 1.54) is 17.2 Å². The standard InChI is InChI=1S/C18H20N2O4/c1-13-7-8-16(20(22)23)17(11-13)24-12-18(21)19-10-9-15-6-4-3-5-14(15)2/h3-8,11H,9-10,12H2,1-2H3,(H,19,21). The van der Waals surface area contributed by atoms with Crippen molar-refractivity contribution in [2.75, 3.05) is 13.2 Å². The van der Waals surface area contributed by atoms with Crippen molar-refractivity contribution < 1.29 is 14.5 Å². The number of hydrogen-bond acceptors (Lipinski definition) is 4. The molecule has 6 nitrogen and oxygen atoms in total. The van der Waals surface area contributed by atoms with Crippen molar-refractivity contribution in [3.63, 3.8) is 0 Å². The van der Waals surface area contributed by atoms with E-state index in [4.69, 9.17) is 4.74 Å². The highest BCUT2D eigenvalue weighted by atomic mass is 16.6. The lowest BCUT2D eigenvalue weighted by molar-refractivity contribution is -0.385. The van der Waals surface area contributed by atoms with Gasteiger partial charge in [0, 0.05) is 12.6 Å². The van der Waals surface area contributed by atoms with Crippen LogP contribution in [0.2, 0.25) is 0 Å². The molecule has 0 fully saturated rings. The van der Waals surface area contributed by atoms with Gasteiger partial charge in [0.05, 0.1) is 4.92 Å². The quantitative estimate of drug-likeness (QED) is 0.626. The first-order valence-electron chi connectivity index (χ1n) is 7.66. The number of carbonyl (C=O) groups excluding carboxylic acids is 1. The Morgan fingerprint density at radius 2 is 1.96 bits per heavy atom. The predicted octanol–water partition coefficient (Wildman–Crippen LogP) is 2.95. The van der Waals surface area contributed by atoms with Gasteiger partial charge in [0.2, 0.25) is 0 Å². The summed E-state index contributed by atoms with van der Waals surface area (Å²) in [4.78, 5) is 22.3. The van der Waals surface area contributed by atoms with Gasteiger partial charge in [-0.15, -0.1) is 0 Å². The smallest absolute Gasteiger partial charge is 0.310 e. The molecule has 0 saturated heterocycles. The van der Waals surface area contributed by atoms with Crippen LogP contribution in [-0.4, -0.2) is 24.0 Å². The second-order valence-electron chi connectivity index (χ2n) is 5.54. The van der Waals surface area contributed by atoms with Crippen molar-refractivity contribution in [1.29, 1.82) is 0 Å². The summed E-state index contributed by atoms with van der Waals surface area (Å²) in [5, 5.41) is 13.7. The van der Waals surface area contributed by atoms with Gasteiger partial charge in [0.15, 0.2) is 12.4 Å². The third-order valence-corrected chi connectivity index (χ3v) is 3.65. The number of ether oxygens (including phenoxy) is 1. The summed E-state index contributed by atoms with van der Waals surface area (Å²) in [7, 11) is 0. The van der Waals surface area contributed by atoms with Crippen LogP contribution in [0.3, 0.4) is 0 Å². The third-order valence-electron chi connectivity index (χ3n) is 3.65. The first-order chi connectivity index (χ1) is 11.5. The normalized spacial score (nSPS) is 10.2. The molecule has 126 valence electrons. The van der Waals surface area contributed by atoms with Crippen molar-refractivity contribution in [2.45, 2.75) is 20.3 Å². The number of nitrogens with zero attached hydrogens (tertiary/aromatic N) is 1. The van der Waals surface area contributed by atoms with E-state index < -0.39 is 4.92 Å². The van der Waals surface area contributed by atoms with E-state index >= 15 is 0 Å². The van der Waals surface area contributed by atoms with E-state index in [1.54, 1.807) is 19.1 Å². The SMILES string of the molecule is Cc1ccc([N+](=O)[O-])c(OCC(=O)NCCc2ccccc2C)c1. The number of nitro benzene ring substituents is 1. The molecule has 2 aromatic carbocycles. The summed E-state index contributed by atoms with van der Waals surface area (Å²) in [6.45, 7) is 4.07. The molecule has 2 aromatic rings. The highest BCUT2D eigenvalue weighted by Crippen LogP contribution is 2.27. The van der Waals surface area contributed by atoms with Gasteiger partial charge in [-0.05, 0) is 43.0 Å². The van der Waals surface area contributed by atoms with E-state index in [9.17, 15) is 14.9 Å². The van der Waals surface area contributed by atoms with E-state index in [1.807, 2.05) is 31.2 Å². The lowest BCUT2D eigenvalue weighted by Crippen LogP contribution is -2.30. The Hall–Kier alpha value is -2.89. The first-order valence-corrected chi connectivity index (χ1v) is 7.66. The largest absolute Gasteiger partial charge is 0.477 e. The molecule has 0 aromatic heterocycles. The molecule has 0 aliphatic carbocycles. The zero-order valence-electron chi connectivity index (χ0n) is 13.7. The highest BCUT2D eigenvalue weighted by molar-refractivity contribution is 5.77. The minimum absolute atomic E-state index is 0.106. The van der Waals surface area contributed by atoms with Crippen LogP contribution < -0.4 is 10.1 Å². The van der Waals surface area contributed by atoms with Crippen molar-refractivity contribution >= 4 is 11.6 Å². The van der Waals surface area contributed by atoms with Gasteiger partial charge in [0.1, 0.15) is 0 Å². The van der Waals surface area contributed by atoms with Crippen LogP contribution in [0.15, 0.2) is 42.5 Å². The van der Waals surface area contributed by atoms with Crippen LogP contribution in [0, 0.1) is 24.0 Å². The lowest BCUT2D eigenvalue weighted by atomic mass is 10.1. The van der Waals surface area contributed by atoms with Crippen molar-refractivity contribution in [3.05, 3.63) is 69.3 Å². The molecule has 0 aliphatic heterocycles. The molecule has 0 unspecified atom stereocenters. The zero-order chi connectivity index (χ0) is 17.5. The summed E-state index contributed by atoms with van der Waals surface area (Å²) in [6.07, 6.45) is 0.725. The highest BCUT2D eigenvalue weighted by Gasteiger charge is 2.16. The average molecular weight is 328 g/mol. The molecule has 0 heterocycles. The maximum atomic E-state index is 11.9. The Morgan fingerprint density at radius 1 is 1.21 bits per heavy atom. The molecule has 1 N–H and O–H groups in total. The monoisotopic (exact) mass is 328 g/mol. The van der Waals surface area contributed by atoms with Crippen LogP contribution in [0.25, 0.3) is 0 Å². The number of nitro groups is 1. The number of carbonyl (C=O) groups is 1. The minimum Gasteiger partial charge on any atom is -0.477 e. The van der Waals surface area contributed by atoms with Crippen LogP contribution >= 0.6 is 0 Å². The maximum absolute atomic E-state index is 11.9. The van der Waals surface area contributed by atoms with Crippen LogP contribution in [0.1, 0.15) is 16.7 Å². The topological polar surface area (TPSA) is 81.5 Å². The maximum Gasteiger partial charge on any atom is 0.310 e. The second kappa shape index (κ2) is 8.10. The Balaban J connectivity index is 1.84. The fourth-order valence-corrected chi connectivity index (χ4v) is 2.31. The van der Waals surface area contributed by atoms with E-state index in [2.05, 4.69) is 5.32 Å². The van der Waals surface area contributed by atoms with Crippen LogP contribution in [0.4, 0.5) is 5.69 Å². The van der Waals surface area contributed by atoms with Crippen LogP contribution in [-0.2, 0) is 11.2 Å². The lowest BCUT2D eigenvalue weighted by Gasteiger charge is -2.09. The molecule has 0 aliphatic rings. The average Bonchev–Trinajstić information content (AvgIpc) is 2.54. The number of nitrogens with one attached hydrogen (secondary N) is 1. The molecule has 1 amide bonds. The van der Waals surface area contributed by atoms with Gasteiger partial charge in [-0.3, -0.25) is 14.9 Å². The zero-order valence-corrected chi connectivity index (χ0v) is 13.7. The number of rotatable bonds is 7. The van der Waals surface area contributed by atoms with Crippen molar-refractivity contribution in [3.8, 4) is 5.75 Å². The number of hydrogen-bond donors (Lipinski definition) is 1. The Bertz CT molecular complexity index is 744. The van der Waals surface area contributed by atoms with E-state index in [0.29, 0.717) is 6.54 Å². The molecular weight excluding hydrogens is 308 g/mol.